The smallest absolute Gasteiger partial charge is 0.114 e. The molecule has 6 heteroatoms. The average Bonchev–Trinajstić information content (AvgIpc) is 2.86. The van der Waals surface area contributed by atoms with Gasteiger partial charge >= 0.3 is 0 Å². The molecule has 0 aromatic carbocycles. The van der Waals surface area contributed by atoms with Crippen molar-refractivity contribution in [2.24, 2.45) is 28.6 Å². The van der Waals surface area contributed by atoms with Crippen LogP contribution in [0, 0.1) is 28.6 Å². The highest BCUT2D eigenvalue weighted by atomic mass is 17.1. The van der Waals surface area contributed by atoms with Gasteiger partial charge in [0, 0.05) is 0 Å². The first-order chi connectivity index (χ1) is 16.5. The molecule has 1 heterocycles. The molecule has 0 aromatic rings. The monoisotopic (exact) mass is 508 g/mol. The van der Waals surface area contributed by atoms with Gasteiger partial charge in [0.2, 0.25) is 0 Å². The van der Waals surface area contributed by atoms with Gasteiger partial charge in [0.25, 0.3) is 0 Å². The van der Waals surface area contributed by atoms with Crippen LogP contribution in [0.1, 0.15) is 113 Å². The van der Waals surface area contributed by atoms with Gasteiger partial charge in [0.15, 0.2) is 0 Å². The molecule has 0 unspecified atom stereocenters. The highest BCUT2D eigenvalue weighted by molar-refractivity contribution is 5.29. The largest absolute Gasteiger partial charge is 0.390 e. The summed E-state index contributed by atoms with van der Waals surface area (Å²) in [6, 6.07) is 0. The van der Waals surface area contributed by atoms with Gasteiger partial charge in [-0.05, 0) is 127 Å². The molecule has 2 saturated carbocycles. The summed E-state index contributed by atoms with van der Waals surface area (Å²) in [6.07, 6.45) is 5.91. The lowest BCUT2D eigenvalue weighted by molar-refractivity contribution is -0.280. The van der Waals surface area contributed by atoms with Crippen LogP contribution in [0.4, 0.5) is 0 Å². The first kappa shape index (κ1) is 28.5. The molecular formula is C30H52O6. The summed E-state index contributed by atoms with van der Waals surface area (Å²) in [4.78, 5) is 4.97. The maximum atomic E-state index is 11.7. The molecule has 9 atom stereocenters. The van der Waals surface area contributed by atoms with Crippen LogP contribution in [0.2, 0.25) is 0 Å². The number of aliphatic hydroxyl groups is 3. The van der Waals surface area contributed by atoms with E-state index in [0.29, 0.717) is 19.3 Å². The normalized spacial score (nSPS) is 48.7. The SMILES string of the molecule is CC1=C(CC[C@H]2[C@]3(C)CC[C@H](O)C(C)(C)O[C@H]3CC[C@]2(C)O)[C@@H]2[C@H](C[C@H]1OO)[C@@](C)(O)CCC2(C)C. The molecule has 0 spiro atoms. The Labute approximate surface area is 218 Å². The molecule has 4 N–H and O–H groups in total. The molecule has 1 aliphatic heterocycles. The average molecular weight is 509 g/mol. The van der Waals surface area contributed by atoms with Crippen molar-refractivity contribution in [2.45, 2.75) is 148 Å². The van der Waals surface area contributed by atoms with Gasteiger partial charge < -0.3 is 20.1 Å². The Morgan fingerprint density at radius 1 is 0.917 bits per heavy atom. The van der Waals surface area contributed by atoms with Gasteiger partial charge in [0.05, 0.1) is 29.0 Å². The lowest BCUT2D eigenvalue weighted by Gasteiger charge is -2.56. The van der Waals surface area contributed by atoms with Crippen LogP contribution < -0.4 is 0 Å². The van der Waals surface area contributed by atoms with E-state index in [9.17, 15) is 20.6 Å². The fraction of sp³-hybridized carbons (Fsp3) is 0.933. The lowest BCUT2D eigenvalue weighted by atomic mass is 9.51. The number of rotatable bonds is 4. The minimum atomic E-state index is -0.822. The molecule has 3 fully saturated rings. The Hall–Kier alpha value is -0.500. The van der Waals surface area contributed by atoms with Crippen LogP contribution in [-0.4, -0.2) is 55.7 Å². The van der Waals surface area contributed by atoms with Gasteiger partial charge in [-0.3, -0.25) is 5.26 Å². The topological polar surface area (TPSA) is 99.4 Å². The predicted octanol–water partition coefficient (Wildman–Crippen LogP) is 5.63. The van der Waals surface area contributed by atoms with Crippen molar-refractivity contribution in [3.05, 3.63) is 11.1 Å². The second-order valence-corrected chi connectivity index (χ2v) is 14.7. The number of ether oxygens (including phenoxy) is 1. The molecule has 4 rings (SSSR count). The van der Waals surface area contributed by atoms with Crippen molar-refractivity contribution in [1.29, 1.82) is 0 Å². The second-order valence-electron chi connectivity index (χ2n) is 14.7. The molecule has 0 aromatic heterocycles. The van der Waals surface area contributed by atoms with Gasteiger partial charge in [-0.2, -0.15) is 0 Å². The van der Waals surface area contributed by atoms with E-state index in [0.717, 1.165) is 44.1 Å². The summed E-state index contributed by atoms with van der Waals surface area (Å²) < 4.78 is 6.58. The van der Waals surface area contributed by atoms with Crippen LogP contribution in [-0.2, 0) is 9.62 Å². The Bertz CT molecular complexity index is 858. The van der Waals surface area contributed by atoms with Crippen molar-refractivity contribution in [2.75, 3.05) is 0 Å². The number of hydrogen-bond acceptors (Lipinski definition) is 6. The molecule has 0 radical (unpaired) electrons. The third-order valence-corrected chi connectivity index (χ3v) is 11.4. The van der Waals surface area contributed by atoms with E-state index >= 15 is 0 Å². The maximum absolute atomic E-state index is 11.7. The quantitative estimate of drug-likeness (QED) is 0.223. The van der Waals surface area contributed by atoms with Crippen molar-refractivity contribution < 1.29 is 30.2 Å². The summed E-state index contributed by atoms with van der Waals surface area (Å²) >= 11 is 0. The van der Waals surface area contributed by atoms with Gasteiger partial charge in [0.1, 0.15) is 6.10 Å². The first-order valence-electron chi connectivity index (χ1n) is 14.3. The molecule has 36 heavy (non-hydrogen) atoms. The first-order valence-corrected chi connectivity index (χ1v) is 14.3. The maximum Gasteiger partial charge on any atom is 0.114 e. The predicted molar refractivity (Wildman–Crippen MR) is 140 cm³/mol. The fourth-order valence-electron chi connectivity index (χ4n) is 8.83. The summed E-state index contributed by atoms with van der Waals surface area (Å²) in [5.41, 5.74) is -0.0775. The van der Waals surface area contributed by atoms with Crippen LogP contribution in [0.3, 0.4) is 0 Å². The highest BCUT2D eigenvalue weighted by Crippen LogP contribution is 2.59. The number of allylic oxidation sites excluding steroid dienone is 1. The van der Waals surface area contributed by atoms with Crippen molar-refractivity contribution >= 4 is 0 Å². The minimum Gasteiger partial charge on any atom is -0.390 e. The Morgan fingerprint density at radius 3 is 2.22 bits per heavy atom. The molecule has 3 aliphatic carbocycles. The van der Waals surface area contributed by atoms with Gasteiger partial charge in [-0.1, -0.05) is 26.3 Å². The summed E-state index contributed by atoms with van der Waals surface area (Å²) in [5.74, 6) is 0.228. The van der Waals surface area contributed by atoms with Crippen LogP contribution in [0.5, 0.6) is 0 Å². The van der Waals surface area contributed by atoms with Gasteiger partial charge in [-0.15, -0.1) is 0 Å². The molecule has 0 bridgehead atoms. The van der Waals surface area contributed by atoms with E-state index in [4.69, 9.17) is 9.62 Å². The van der Waals surface area contributed by atoms with E-state index in [1.807, 2.05) is 27.7 Å². The van der Waals surface area contributed by atoms with E-state index < -0.39 is 29.0 Å². The standard InChI is InChI=1S/C30H52O6/c1-18-19(25-20(17-21(18)36-34)29(7,32)16-15-26(25,2)3)9-10-22-28(6)13-11-23(31)27(4,5)35-24(28)12-14-30(22,8)33/h20-25,31-34H,9-17H2,1-8H3/t20-,21+,22-,23-,24-,25+,28-,29-,30-/m0/s1. The number of fused-ring (bicyclic) bond motifs is 2. The second kappa shape index (κ2) is 9.31. The number of aliphatic hydroxyl groups excluding tert-OH is 1. The zero-order valence-corrected chi connectivity index (χ0v) is 23.9. The van der Waals surface area contributed by atoms with Crippen LogP contribution in [0.15, 0.2) is 11.1 Å². The molecule has 0 amide bonds. The third-order valence-electron chi connectivity index (χ3n) is 11.4. The van der Waals surface area contributed by atoms with Crippen LogP contribution >= 0.6 is 0 Å². The van der Waals surface area contributed by atoms with Crippen LogP contribution in [0.25, 0.3) is 0 Å². The van der Waals surface area contributed by atoms with Crippen molar-refractivity contribution in [3.8, 4) is 0 Å². The molecular weight excluding hydrogens is 456 g/mol. The lowest BCUT2D eigenvalue weighted by Crippen LogP contribution is -2.56. The third kappa shape index (κ3) is 4.73. The summed E-state index contributed by atoms with van der Waals surface area (Å²) in [6.45, 7) is 16.8. The Balaban J connectivity index is 1.68. The van der Waals surface area contributed by atoms with Crippen molar-refractivity contribution in [3.63, 3.8) is 0 Å². The number of hydrogen-bond donors (Lipinski definition) is 4. The van der Waals surface area contributed by atoms with E-state index in [1.54, 1.807) is 0 Å². The molecule has 4 aliphatic rings. The van der Waals surface area contributed by atoms with Crippen molar-refractivity contribution in [1.82, 2.24) is 0 Å². The van der Waals surface area contributed by atoms with E-state index in [2.05, 4.69) is 27.7 Å². The van der Waals surface area contributed by atoms with Gasteiger partial charge in [-0.25, -0.2) is 4.89 Å². The van der Waals surface area contributed by atoms with E-state index in [-0.39, 0.29) is 34.7 Å². The highest BCUT2D eigenvalue weighted by Gasteiger charge is 2.58. The minimum absolute atomic E-state index is 0.00577. The fourth-order valence-corrected chi connectivity index (χ4v) is 8.83. The zero-order chi connectivity index (χ0) is 26.9. The molecule has 1 saturated heterocycles. The zero-order valence-electron chi connectivity index (χ0n) is 23.9. The Morgan fingerprint density at radius 2 is 1.58 bits per heavy atom. The summed E-state index contributed by atoms with van der Waals surface area (Å²) in [5, 5.41) is 43.7. The summed E-state index contributed by atoms with van der Waals surface area (Å²) in [7, 11) is 0. The Kier molecular flexibility index (Phi) is 7.37. The molecule has 6 nitrogen and oxygen atoms in total. The molecule has 208 valence electrons. The van der Waals surface area contributed by atoms with E-state index in [1.165, 1.54) is 5.57 Å².